The Hall–Kier alpha value is -0.310. The number of thiocarbonyl (C=S) groups is 1. The van der Waals surface area contributed by atoms with Crippen molar-refractivity contribution >= 4 is 17.3 Å². The summed E-state index contributed by atoms with van der Waals surface area (Å²) in [5.41, 5.74) is 0. The molecule has 2 nitrogen and oxygen atoms in total. The van der Waals surface area contributed by atoms with E-state index in [9.17, 15) is 0 Å². The van der Waals surface area contributed by atoms with Crippen LogP contribution < -0.4 is 5.32 Å². The molecule has 2 aliphatic carbocycles. The van der Waals surface area contributed by atoms with Gasteiger partial charge in [-0.3, -0.25) is 0 Å². The Morgan fingerprint density at radius 3 is 2.47 bits per heavy atom. The van der Waals surface area contributed by atoms with Gasteiger partial charge in [0.25, 0.3) is 0 Å². The fraction of sp³-hybridized carbons (Fsp3) is 0.929. The van der Waals surface area contributed by atoms with Crippen molar-refractivity contribution in [1.29, 1.82) is 0 Å². The third-order valence-electron chi connectivity index (χ3n) is 3.89. The molecule has 0 amide bonds. The number of hydrogen-bond acceptors (Lipinski definition) is 1. The van der Waals surface area contributed by atoms with Gasteiger partial charge in [0.05, 0.1) is 0 Å². The molecule has 98 valence electrons. The van der Waals surface area contributed by atoms with E-state index in [1.54, 1.807) is 0 Å². The minimum Gasteiger partial charge on any atom is -0.360 e. The zero-order valence-electron chi connectivity index (χ0n) is 11.1. The predicted octanol–water partition coefficient (Wildman–Crippen LogP) is 3.32. The second-order valence-corrected chi connectivity index (χ2v) is 6.06. The first-order valence-electron chi connectivity index (χ1n) is 7.35. The van der Waals surface area contributed by atoms with E-state index < -0.39 is 0 Å². The second-order valence-electron chi connectivity index (χ2n) is 5.67. The van der Waals surface area contributed by atoms with Crippen LogP contribution in [0.2, 0.25) is 0 Å². The van der Waals surface area contributed by atoms with Gasteiger partial charge in [0.15, 0.2) is 5.11 Å². The van der Waals surface area contributed by atoms with Gasteiger partial charge < -0.3 is 10.2 Å². The molecule has 0 heterocycles. The van der Waals surface area contributed by atoms with Crippen molar-refractivity contribution in [1.82, 2.24) is 10.2 Å². The van der Waals surface area contributed by atoms with Gasteiger partial charge in [0, 0.05) is 19.1 Å². The van der Waals surface area contributed by atoms with Crippen molar-refractivity contribution in [2.75, 3.05) is 13.1 Å². The Bertz CT molecular complexity index is 245. The van der Waals surface area contributed by atoms with Crippen LogP contribution in [0.4, 0.5) is 0 Å². The van der Waals surface area contributed by atoms with E-state index in [1.807, 2.05) is 0 Å². The van der Waals surface area contributed by atoms with E-state index in [-0.39, 0.29) is 0 Å². The summed E-state index contributed by atoms with van der Waals surface area (Å²) in [4.78, 5) is 2.40. The van der Waals surface area contributed by atoms with E-state index >= 15 is 0 Å². The highest BCUT2D eigenvalue weighted by atomic mass is 32.1. The molecule has 2 fully saturated rings. The van der Waals surface area contributed by atoms with Gasteiger partial charge in [0.1, 0.15) is 0 Å². The lowest BCUT2D eigenvalue weighted by molar-refractivity contribution is 0.361. The van der Waals surface area contributed by atoms with E-state index in [0.29, 0.717) is 6.04 Å². The molecule has 3 heteroatoms. The number of nitrogens with zero attached hydrogens (tertiary/aromatic N) is 1. The molecule has 0 unspecified atom stereocenters. The zero-order chi connectivity index (χ0) is 12.1. The fourth-order valence-corrected chi connectivity index (χ4v) is 3.00. The predicted molar refractivity (Wildman–Crippen MR) is 77.2 cm³/mol. The topological polar surface area (TPSA) is 15.3 Å². The SMILES string of the molecule is CCCN(CC1CC1)C(=S)NC1CCCCC1. The molecule has 0 bridgehead atoms. The van der Waals surface area contributed by atoms with Gasteiger partial charge >= 0.3 is 0 Å². The monoisotopic (exact) mass is 254 g/mol. The number of nitrogens with one attached hydrogen (secondary N) is 1. The molecular formula is C14H26N2S. The van der Waals surface area contributed by atoms with Crippen molar-refractivity contribution < 1.29 is 0 Å². The van der Waals surface area contributed by atoms with Crippen LogP contribution >= 0.6 is 12.2 Å². The quantitative estimate of drug-likeness (QED) is 0.758. The second kappa shape index (κ2) is 6.58. The first-order valence-corrected chi connectivity index (χ1v) is 7.76. The highest BCUT2D eigenvalue weighted by Gasteiger charge is 2.26. The van der Waals surface area contributed by atoms with Crippen molar-refractivity contribution in [2.24, 2.45) is 5.92 Å². The Kier molecular flexibility index (Phi) is 5.08. The van der Waals surface area contributed by atoms with E-state index in [2.05, 4.69) is 17.1 Å². The Morgan fingerprint density at radius 1 is 1.18 bits per heavy atom. The van der Waals surface area contributed by atoms with Crippen LogP contribution in [0.5, 0.6) is 0 Å². The summed E-state index contributed by atoms with van der Waals surface area (Å²) in [6.45, 7) is 4.55. The Morgan fingerprint density at radius 2 is 1.88 bits per heavy atom. The molecule has 17 heavy (non-hydrogen) atoms. The summed E-state index contributed by atoms with van der Waals surface area (Å²) < 4.78 is 0. The first-order chi connectivity index (χ1) is 8.29. The highest BCUT2D eigenvalue weighted by molar-refractivity contribution is 7.80. The van der Waals surface area contributed by atoms with Crippen LogP contribution in [0.25, 0.3) is 0 Å². The molecule has 0 atom stereocenters. The van der Waals surface area contributed by atoms with Gasteiger partial charge in [-0.25, -0.2) is 0 Å². The average molecular weight is 254 g/mol. The Labute approximate surface area is 111 Å². The fourth-order valence-electron chi connectivity index (χ4n) is 2.67. The van der Waals surface area contributed by atoms with Crippen LogP contribution in [0, 0.1) is 5.92 Å². The lowest BCUT2D eigenvalue weighted by Crippen LogP contribution is -2.46. The maximum absolute atomic E-state index is 5.58. The summed E-state index contributed by atoms with van der Waals surface area (Å²) in [5.74, 6) is 0.924. The summed E-state index contributed by atoms with van der Waals surface area (Å²) in [7, 11) is 0. The molecule has 0 aliphatic heterocycles. The van der Waals surface area contributed by atoms with E-state index in [1.165, 1.54) is 57.9 Å². The van der Waals surface area contributed by atoms with Gasteiger partial charge in [-0.2, -0.15) is 0 Å². The normalized spacial score (nSPS) is 21.2. The number of hydrogen-bond donors (Lipinski definition) is 1. The first kappa shape index (κ1) is 13.1. The minimum absolute atomic E-state index is 0.648. The third-order valence-corrected chi connectivity index (χ3v) is 4.27. The summed E-state index contributed by atoms with van der Waals surface area (Å²) in [5, 5.41) is 4.61. The van der Waals surface area contributed by atoms with Crippen molar-refractivity contribution in [3.05, 3.63) is 0 Å². The molecule has 0 spiro atoms. The maximum Gasteiger partial charge on any atom is 0.169 e. The third kappa shape index (κ3) is 4.46. The maximum atomic E-state index is 5.58. The molecule has 0 radical (unpaired) electrons. The lowest BCUT2D eigenvalue weighted by atomic mass is 9.96. The summed E-state index contributed by atoms with van der Waals surface area (Å²) >= 11 is 5.58. The molecular weight excluding hydrogens is 228 g/mol. The standard InChI is InChI=1S/C14H26N2S/c1-2-10-16(11-12-8-9-12)14(17)15-13-6-4-3-5-7-13/h12-13H,2-11H2,1H3,(H,15,17). The van der Waals surface area contributed by atoms with Crippen LogP contribution in [0.1, 0.15) is 58.3 Å². The average Bonchev–Trinajstić information content (AvgIpc) is 3.14. The molecule has 1 N–H and O–H groups in total. The van der Waals surface area contributed by atoms with E-state index in [4.69, 9.17) is 12.2 Å². The van der Waals surface area contributed by atoms with Crippen molar-refractivity contribution in [3.63, 3.8) is 0 Å². The van der Waals surface area contributed by atoms with Crippen molar-refractivity contribution in [2.45, 2.75) is 64.3 Å². The zero-order valence-corrected chi connectivity index (χ0v) is 11.9. The highest BCUT2D eigenvalue weighted by Crippen LogP contribution is 2.30. The summed E-state index contributed by atoms with van der Waals surface area (Å²) in [6, 6.07) is 0.648. The molecule has 2 rings (SSSR count). The smallest absolute Gasteiger partial charge is 0.169 e. The van der Waals surface area contributed by atoms with Gasteiger partial charge in [-0.05, 0) is 50.2 Å². The van der Waals surface area contributed by atoms with Gasteiger partial charge in [-0.15, -0.1) is 0 Å². The molecule has 0 aromatic heterocycles. The molecule has 2 saturated carbocycles. The minimum atomic E-state index is 0.648. The van der Waals surface area contributed by atoms with Gasteiger partial charge in [-0.1, -0.05) is 26.2 Å². The van der Waals surface area contributed by atoms with Crippen molar-refractivity contribution in [3.8, 4) is 0 Å². The van der Waals surface area contributed by atoms with Crippen LogP contribution in [-0.4, -0.2) is 29.1 Å². The molecule has 0 aromatic rings. The van der Waals surface area contributed by atoms with Crippen LogP contribution in [0.15, 0.2) is 0 Å². The van der Waals surface area contributed by atoms with Crippen LogP contribution in [0.3, 0.4) is 0 Å². The van der Waals surface area contributed by atoms with Crippen LogP contribution in [-0.2, 0) is 0 Å². The van der Waals surface area contributed by atoms with E-state index in [0.717, 1.165) is 17.6 Å². The van der Waals surface area contributed by atoms with Gasteiger partial charge in [0.2, 0.25) is 0 Å². The largest absolute Gasteiger partial charge is 0.360 e. The summed E-state index contributed by atoms with van der Waals surface area (Å²) in [6.07, 6.45) is 10.8. The lowest BCUT2D eigenvalue weighted by Gasteiger charge is -2.30. The number of rotatable bonds is 5. The Balaban J connectivity index is 1.77. The molecule has 0 saturated heterocycles. The molecule has 2 aliphatic rings. The molecule has 0 aromatic carbocycles.